The molecule has 2 aromatic rings. The van der Waals surface area contributed by atoms with Crippen molar-refractivity contribution in [1.82, 2.24) is 14.9 Å². The lowest BCUT2D eigenvalue weighted by molar-refractivity contribution is -0.146. The van der Waals surface area contributed by atoms with Crippen LogP contribution >= 0.6 is 11.3 Å². The summed E-state index contributed by atoms with van der Waals surface area (Å²) in [5.74, 6) is -0.440. The van der Waals surface area contributed by atoms with Gasteiger partial charge in [-0.05, 0) is 17.5 Å². The van der Waals surface area contributed by atoms with Gasteiger partial charge < -0.3 is 14.6 Å². The number of urea groups is 1. The van der Waals surface area contributed by atoms with Crippen LogP contribution in [-0.4, -0.2) is 40.0 Å². The Morgan fingerprint density at radius 1 is 1.57 bits per heavy atom. The van der Waals surface area contributed by atoms with Gasteiger partial charge in [0.1, 0.15) is 6.04 Å². The van der Waals surface area contributed by atoms with Gasteiger partial charge in [-0.2, -0.15) is 0 Å². The maximum absolute atomic E-state index is 12.4. The molecule has 0 aliphatic carbocycles. The van der Waals surface area contributed by atoms with Crippen LogP contribution in [0.3, 0.4) is 0 Å². The van der Waals surface area contributed by atoms with Crippen molar-refractivity contribution in [3.63, 3.8) is 0 Å². The van der Waals surface area contributed by atoms with Crippen molar-refractivity contribution in [2.75, 3.05) is 12.4 Å². The molecule has 8 heteroatoms. The van der Waals surface area contributed by atoms with Gasteiger partial charge in [-0.1, -0.05) is 0 Å². The van der Waals surface area contributed by atoms with Gasteiger partial charge in [-0.3, -0.25) is 5.32 Å². The number of rotatable bonds is 2. The van der Waals surface area contributed by atoms with Crippen molar-refractivity contribution < 1.29 is 14.3 Å². The van der Waals surface area contributed by atoms with Crippen LogP contribution in [0.15, 0.2) is 23.8 Å². The largest absolute Gasteiger partial charge is 0.467 e. The van der Waals surface area contributed by atoms with E-state index in [1.54, 1.807) is 12.4 Å². The minimum atomic E-state index is -0.661. The molecule has 0 saturated carbocycles. The van der Waals surface area contributed by atoms with Crippen LogP contribution in [0, 0.1) is 0 Å². The molecule has 0 aromatic carbocycles. The van der Waals surface area contributed by atoms with Crippen molar-refractivity contribution in [3.05, 3.63) is 35.2 Å². The lowest BCUT2D eigenvalue weighted by atomic mass is 10.0. The zero-order chi connectivity index (χ0) is 14.8. The highest BCUT2D eigenvalue weighted by Gasteiger charge is 2.36. The molecule has 2 aromatic heterocycles. The maximum Gasteiger partial charge on any atom is 0.329 e. The number of aromatic amines is 1. The number of imidazole rings is 1. The fraction of sp³-hybridized carbons (Fsp3) is 0.308. The molecule has 21 heavy (non-hydrogen) atoms. The highest BCUT2D eigenvalue weighted by Crippen LogP contribution is 2.23. The van der Waals surface area contributed by atoms with E-state index < -0.39 is 12.0 Å². The number of ether oxygens (including phenoxy) is 1. The molecule has 3 heterocycles. The summed E-state index contributed by atoms with van der Waals surface area (Å²) in [4.78, 5) is 33.0. The molecule has 1 aliphatic heterocycles. The second-order valence-corrected chi connectivity index (χ2v) is 5.55. The second-order valence-electron chi connectivity index (χ2n) is 4.61. The van der Waals surface area contributed by atoms with Gasteiger partial charge in [0.2, 0.25) is 0 Å². The van der Waals surface area contributed by atoms with E-state index in [0.717, 1.165) is 16.4 Å². The van der Waals surface area contributed by atoms with Crippen molar-refractivity contribution in [2.24, 2.45) is 0 Å². The number of nitrogens with zero attached hydrogens (tertiary/aromatic N) is 2. The Labute approximate surface area is 124 Å². The molecule has 110 valence electrons. The number of esters is 1. The Bertz CT molecular complexity index is 652. The first-order chi connectivity index (χ1) is 10.2. The van der Waals surface area contributed by atoms with Gasteiger partial charge in [0.25, 0.3) is 0 Å². The monoisotopic (exact) mass is 306 g/mol. The zero-order valence-corrected chi connectivity index (χ0v) is 12.1. The Morgan fingerprint density at radius 2 is 2.43 bits per heavy atom. The highest BCUT2D eigenvalue weighted by molar-refractivity contribution is 7.14. The fourth-order valence-corrected chi connectivity index (χ4v) is 2.93. The molecule has 0 spiro atoms. The van der Waals surface area contributed by atoms with Crippen LogP contribution in [-0.2, 0) is 22.5 Å². The first-order valence-electron chi connectivity index (χ1n) is 6.39. The Balaban J connectivity index is 1.83. The van der Waals surface area contributed by atoms with Gasteiger partial charge in [0.05, 0.1) is 36.4 Å². The number of aromatic nitrogens is 2. The molecular weight excluding hydrogens is 292 g/mol. The van der Waals surface area contributed by atoms with E-state index >= 15 is 0 Å². The SMILES string of the molecule is COC(=O)C1Cc2nc[nH]c2CN1C(=O)Nc1cccs1. The molecule has 1 atom stereocenters. The molecule has 7 nitrogen and oxygen atoms in total. The molecule has 1 aliphatic rings. The third-order valence-corrected chi connectivity index (χ3v) is 4.17. The molecular formula is C13H14N4O3S. The van der Waals surface area contributed by atoms with Crippen LogP contribution in [0.1, 0.15) is 11.4 Å². The molecule has 3 rings (SSSR count). The van der Waals surface area contributed by atoms with Gasteiger partial charge >= 0.3 is 12.0 Å². The minimum absolute atomic E-state index is 0.298. The van der Waals surface area contributed by atoms with E-state index in [4.69, 9.17) is 4.74 Å². The van der Waals surface area contributed by atoms with E-state index in [1.165, 1.54) is 23.3 Å². The number of methoxy groups -OCH3 is 1. The molecule has 1 unspecified atom stereocenters. The van der Waals surface area contributed by atoms with Crippen molar-refractivity contribution in [1.29, 1.82) is 0 Å². The number of H-pyrrole nitrogens is 1. The number of anilines is 1. The van der Waals surface area contributed by atoms with E-state index in [2.05, 4.69) is 15.3 Å². The Hall–Kier alpha value is -2.35. The van der Waals surface area contributed by atoms with Crippen LogP contribution in [0.5, 0.6) is 0 Å². The van der Waals surface area contributed by atoms with Gasteiger partial charge in [-0.25, -0.2) is 14.6 Å². The summed E-state index contributed by atoms with van der Waals surface area (Å²) in [6, 6.07) is 2.67. The zero-order valence-electron chi connectivity index (χ0n) is 11.3. The lowest BCUT2D eigenvalue weighted by Gasteiger charge is -2.32. The quantitative estimate of drug-likeness (QED) is 0.825. The number of hydrogen-bond acceptors (Lipinski definition) is 5. The number of carbonyl (C=O) groups excluding carboxylic acids is 2. The normalized spacial score (nSPS) is 17.2. The summed E-state index contributed by atoms with van der Waals surface area (Å²) in [7, 11) is 1.32. The van der Waals surface area contributed by atoms with Crippen molar-refractivity contribution >= 4 is 28.3 Å². The van der Waals surface area contributed by atoms with Crippen LogP contribution in [0.2, 0.25) is 0 Å². The summed E-state index contributed by atoms with van der Waals surface area (Å²) in [5, 5.41) is 5.39. The molecule has 0 saturated heterocycles. The summed E-state index contributed by atoms with van der Waals surface area (Å²) in [6.45, 7) is 0.298. The first kappa shape index (κ1) is 13.6. The Kier molecular flexibility index (Phi) is 3.61. The van der Waals surface area contributed by atoms with Gasteiger partial charge in [-0.15, -0.1) is 11.3 Å². The minimum Gasteiger partial charge on any atom is -0.467 e. The van der Waals surface area contributed by atoms with E-state index in [1.807, 2.05) is 11.4 Å². The fourth-order valence-electron chi connectivity index (χ4n) is 2.32. The first-order valence-corrected chi connectivity index (χ1v) is 7.27. The predicted octanol–water partition coefficient (Wildman–Crippen LogP) is 1.60. The topological polar surface area (TPSA) is 87.3 Å². The Morgan fingerprint density at radius 3 is 3.14 bits per heavy atom. The second kappa shape index (κ2) is 5.57. The van der Waals surface area contributed by atoms with E-state index in [0.29, 0.717) is 13.0 Å². The number of fused-ring (bicyclic) bond motifs is 1. The lowest BCUT2D eigenvalue weighted by Crippen LogP contribution is -2.50. The van der Waals surface area contributed by atoms with Crippen LogP contribution < -0.4 is 5.32 Å². The third kappa shape index (κ3) is 2.62. The number of hydrogen-bond donors (Lipinski definition) is 2. The number of thiophene rings is 1. The molecule has 2 N–H and O–H groups in total. The van der Waals surface area contributed by atoms with E-state index in [9.17, 15) is 9.59 Å². The average Bonchev–Trinajstić information content (AvgIpc) is 3.15. The summed E-state index contributed by atoms with van der Waals surface area (Å²) in [6.07, 6.45) is 1.92. The van der Waals surface area contributed by atoms with Gasteiger partial charge in [0.15, 0.2) is 0 Å². The predicted molar refractivity (Wildman–Crippen MR) is 77.0 cm³/mol. The smallest absolute Gasteiger partial charge is 0.329 e. The third-order valence-electron chi connectivity index (χ3n) is 3.38. The average molecular weight is 306 g/mol. The summed E-state index contributed by atoms with van der Waals surface area (Å²) < 4.78 is 4.80. The summed E-state index contributed by atoms with van der Waals surface area (Å²) >= 11 is 1.42. The number of carbonyl (C=O) groups is 2. The summed E-state index contributed by atoms with van der Waals surface area (Å²) in [5.41, 5.74) is 1.64. The van der Waals surface area contributed by atoms with Crippen LogP contribution in [0.25, 0.3) is 0 Å². The maximum atomic E-state index is 12.4. The standard InChI is InChI=1S/C13H14N4O3S/c1-20-12(18)10-5-8-9(15-7-14-8)6-17(10)13(19)16-11-3-2-4-21-11/h2-4,7,10H,5-6H2,1H3,(H,14,15)(H,16,19). The highest BCUT2D eigenvalue weighted by atomic mass is 32.1. The molecule has 0 radical (unpaired) electrons. The van der Waals surface area contributed by atoms with Crippen molar-refractivity contribution in [3.8, 4) is 0 Å². The number of nitrogens with one attached hydrogen (secondary N) is 2. The van der Waals surface area contributed by atoms with Gasteiger partial charge in [0, 0.05) is 6.42 Å². The van der Waals surface area contributed by atoms with Crippen molar-refractivity contribution in [2.45, 2.75) is 19.0 Å². The van der Waals surface area contributed by atoms with Crippen LogP contribution in [0.4, 0.5) is 9.80 Å². The molecule has 0 bridgehead atoms. The number of amides is 2. The van der Waals surface area contributed by atoms with E-state index in [-0.39, 0.29) is 6.03 Å². The molecule has 2 amide bonds. The molecule has 0 fully saturated rings.